The highest BCUT2D eigenvalue weighted by Crippen LogP contribution is 2.47. The minimum atomic E-state index is -0.832. The number of halogens is 1. The van der Waals surface area contributed by atoms with E-state index in [0.717, 1.165) is 31.7 Å². The highest BCUT2D eigenvalue weighted by molar-refractivity contribution is 5.85. The third kappa shape index (κ3) is 4.04. The van der Waals surface area contributed by atoms with Crippen LogP contribution in [0.1, 0.15) is 47.4 Å². The Morgan fingerprint density at radius 3 is 2.35 bits per heavy atom. The number of rotatable bonds is 4. The molecule has 2 heterocycles. The Bertz CT molecular complexity index is 1170. The molecule has 6 rings (SSSR count). The second-order valence-electron chi connectivity index (χ2n) is 9.39. The molecule has 3 aromatic carbocycles. The summed E-state index contributed by atoms with van der Waals surface area (Å²) in [5.41, 5.74) is 7.78. The number of likely N-dealkylation sites (tertiary alicyclic amines) is 1. The Hall–Kier alpha value is -3.02. The lowest BCUT2D eigenvalue weighted by Crippen LogP contribution is -2.48. The maximum absolute atomic E-state index is 12.1. The lowest BCUT2D eigenvalue weighted by molar-refractivity contribution is 0.0502. The summed E-state index contributed by atoms with van der Waals surface area (Å²) < 4.78 is 6.39. The average molecular weight is 477 g/mol. The largest absolute Gasteiger partial charge is 0.490 e. The van der Waals surface area contributed by atoms with Crippen molar-refractivity contribution in [3.63, 3.8) is 0 Å². The molecule has 0 bridgehead atoms. The topological polar surface area (TPSA) is 61.8 Å². The minimum Gasteiger partial charge on any atom is -0.490 e. The molecule has 2 unspecified atom stereocenters. The van der Waals surface area contributed by atoms with E-state index in [1.165, 1.54) is 33.4 Å². The molecule has 3 aliphatic rings. The van der Waals surface area contributed by atoms with Crippen molar-refractivity contribution >= 4 is 18.5 Å². The second kappa shape index (κ2) is 9.32. The van der Waals surface area contributed by atoms with Crippen LogP contribution in [-0.4, -0.2) is 34.8 Å². The van der Waals surface area contributed by atoms with Crippen LogP contribution >= 0.6 is 12.4 Å². The van der Waals surface area contributed by atoms with Crippen LogP contribution in [0.3, 0.4) is 0 Å². The van der Waals surface area contributed by atoms with Gasteiger partial charge in [-0.05, 0) is 51.9 Å². The number of nitrogens with zero attached hydrogens (tertiary/aromatic N) is 1. The van der Waals surface area contributed by atoms with E-state index in [4.69, 9.17) is 4.74 Å². The molecular weight excluding hydrogens is 448 g/mol. The van der Waals surface area contributed by atoms with Crippen LogP contribution in [0.4, 0.5) is 4.79 Å². The van der Waals surface area contributed by atoms with E-state index in [0.29, 0.717) is 13.0 Å². The first-order valence-corrected chi connectivity index (χ1v) is 11.8. The smallest absolute Gasteiger partial charge is 0.407 e. The molecule has 0 spiro atoms. The molecule has 2 aliphatic heterocycles. The molecule has 0 radical (unpaired) electrons. The van der Waals surface area contributed by atoms with Gasteiger partial charge < -0.3 is 20.1 Å². The van der Waals surface area contributed by atoms with Crippen LogP contribution in [0.15, 0.2) is 66.7 Å². The maximum atomic E-state index is 12.1. The molecule has 0 saturated carbocycles. The summed E-state index contributed by atoms with van der Waals surface area (Å²) in [5, 5.41) is 13.3. The Kier molecular flexibility index (Phi) is 6.24. The predicted molar refractivity (Wildman–Crippen MR) is 135 cm³/mol. The summed E-state index contributed by atoms with van der Waals surface area (Å²) in [6, 6.07) is 23.3. The van der Waals surface area contributed by atoms with Gasteiger partial charge in [-0.3, -0.25) is 0 Å². The Morgan fingerprint density at radius 1 is 0.971 bits per heavy atom. The minimum absolute atomic E-state index is 0. The van der Waals surface area contributed by atoms with E-state index in [2.05, 4.69) is 66.0 Å². The van der Waals surface area contributed by atoms with Crippen molar-refractivity contribution < 1.29 is 14.6 Å². The van der Waals surface area contributed by atoms with Crippen LogP contribution in [0.5, 0.6) is 5.75 Å². The number of amides is 1. The molecular formula is C28H29ClN2O3. The SMILES string of the molecule is Cl.O=C(O)N1CCC(Oc2ccc3c(c2)CNC3)CC1CC1c2ccccc2-c2ccccc21. The van der Waals surface area contributed by atoms with Gasteiger partial charge in [0.25, 0.3) is 0 Å². The maximum Gasteiger partial charge on any atom is 0.407 e. The molecule has 176 valence electrons. The van der Waals surface area contributed by atoms with E-state index >= 15 is 0 Å². The van der Waals surface area contributed by atoms with Crippen LogP contribution in [0.2, 0.25) is 0 Å². The number of nitrogens with one attached hydrogen (secondary N) is 1. The van der Waals surface area contributed by atoms with E-state index in [9.17, 15) is 9.90 Å². The zero-order chi connectivity index (χ0) is 22.4. The Morgan fingerprint density at radius 2 is 1.65 bits per heavy atom. The molecule has 1 fully saturated rings. The fourth-order valence-corrected chi connectivity index (χ4v) is 5.92. The van der Waals surface area contributed by atoms with Gasteiger partial charge in [0.15, 0.2) is 0 Å². The summed E-state index contributed by atoms with van der Waals surface area (Å²) >= 11 is 0. The quantitative estimate of drug-likeness (QED) is 0.499. The number of fused-ring (bicyclic) bond motifs is 4. The van der Waals surface area contributed by atoms with Crippen molar-refractivity contribution in [2.24, 2.45) is 0 Å². The molecule has 34 heavy (non-hydrogen) atoms. The van der Waals surface area contributed by atoms with E-state index < -0.39 is 6.09 Å². The van der Waals surface area contributed by atoms with Crippen LogP contribution in [0, 0.1) is 0 Å². The van der Waals surface area contributed by atoms with Crippen molar-refractivity contribution in [2.45, 2.75) is 50.4 Å². The molecule has 2 atom stereocenters. The fraction of sp³-hybridized carbons (Fsp3) is 0.321. The van der Waals surface area contributed by atoms with Crippen molar-refractivity contribution in [2.75, 3.05) is 6.54 Å². The first-order valence-electron chi connectivity index (χ1n) is 11.8. The van der Waals surface area contributed by atoms with Crippen molar-refractivity contribution in [1.82, 2.24) is 10.2 Å². The zero-order valence-electron chi connectivity index (χ0n) is 18.9. The van der Waals surface area contributed by atoms with E-state index in [1.54, 1.807) is 4.90 Å². The number of hydrogen-bond acceptors (Lipinski definition) is 3. The molecule has 0 aromatic heterocycles. The monoisotopic (exact) mass is 476 g/mol. The van der Waals surface area contributed by atoms with Gasteiger partial charge in [0.1, 0.15) is 11.9 Å². The van der Waals surface area contributed by atoms with Crippen LogP contribution in [-0.2, 0) is 13.1 Å². The third-order valence-electron chi connectivity index (χ3n) is 7.50. The number of piperidine rings is 1. The van der Waals surface area contributed by atoms with Crippen molar-refractivity contribution in [1.29, 1.82) is 0 Å². The summed E-state index contributed by atoms with van der Waals surface area (Å²) in [6.45, 7) is 2.30. The summed E-state index contributed by atoms with van der Waals surface area (Å²) in [6.07, 6.45) is 1.39. The molecule has 6 heteroatoms. The van der Waals surface area contributed by atoms with Gasteiger partial charge in [-0.1, -0.05) is 54.6 Å². The van der Waals surface area contributed by atoms with Crippen LogP contribution in [0.25, 0.3) is 11.1 Å². The van der Waals surface area contributed by atoms with Gasteiger partial charge in [0.2, 0.25) is 0 Å². The predicted octanol–water partition coefficient (Wildman–Crippen LogP) is 5.80. The van der Waals surface area contributed by atoms with E-state index in [1.807, 2.05) is 6.07 Å². The highest BCUT2D eigenvalue weighted by Gasteiger charge is 2.37. The van der Waals surface area contributed by atoms with Gasteiger partial charge in [-0.2, -0.15) is 0 Å². The Balaban J connectivity index is 0.00000241. The number of ether oxygens (including phenoxy) is 1. The highest BCUT2D eigenvalue weighted by atomic mass is 35.5. The number of benzene rings is 3. The summed E-state index contributed by atoms with van der Waals surface area (Å²) in [4.78, 5) is 13.7. The van der Waals surface area contributed by atoms with Crippen LogP contribution < -0.4 is 10.1 Å². The van der Waals surface area contributed by atoms with Crippen molar-refractivity contribution in [3.8, 4) is 16.9 Å². The number of carbonyl (C=O) groups is 1. The van der Waals surface area contributed by atoms with Gasteiger partial charge in [-0.15, -0.1) is 12.4 Å². The summed E-state index contributed by atoms with van der Waals surface area (Å²) in [7, 11) is 0. The third-order valence-corrected chi connectivity index (χ3v) is 7.50. The Labute approximate surface area is 206 Å². The van der Waals surface area contributed by atoms with Gasteiger partial charge in [0.05, 0.1) is 0 Å². The zero-order valence-corrected chi connectivity index (χ0v) is 19.8. The normalized spacial score (nSPS) is 20.8. The van der Waals surface area contributed by atoms with Gasteiger partial charge in [0, 0.05) is 44.4 Å². The number of hydrogen-bond donors (Lipinski definition) is 2. The molecule has 5 nitrogen and oxygen atoms in total. The number of carboxylic acid groups (broad SMARTS) is 1. The summed E-state index contributed by atoms with van der Waals surface area (Å²) in [5.74, 6) is 1.09. The standard InChI is InChI=1S/C28H28N2O3.ClH/c31-28(32)30-12-11-22(33-21-10-9-18-16-29-17-19(18)13-21)14-20(30)15-27-25-7-3-1-5-23(25)24-6-2-4-8-26(24)27;/h1-10,13,20,22,27,29H,11-12,14-17H2,(H,31,32);1H. The van der Waals surface area contributed by atoms with E-state index in [-0.39, 0.29) is 30.5 Å². The molecule has 3 aromatic rings. The molecule has 1 aliphatic carbocycles. The first-order chi connectivity index (χ1) is 16.2. The molecule has 1 amide bonds. The van der Waals surface area contributed by atoms with Crippen molar-refractivity contribution in [3.05, 3.63) is 89.0 Å². The average Bonchev–Trinajstić information content (AvgIpc) is 3.42. The lowest BCUT2D eigenvalue weighted by Gasteiger charge is -2.39. The molecule has 2 N–H and O–H groups in total. The van der Waals surface area contributed by atoms with Gasteiger partial charge >= 0.3 is 6.09 Å². The fourth-order valence-electron chi connectivity index (χ4n) is 5.92. The molecule has 1 saturated heterocycles. The van der Waals surface area contributed by atoms with Gasteiger partial charge in [-0.25, -0.2) is 4.79 Å². The first kappa shape index (κ1) is 22.8. The second-order valence-corrected chi connectivity index (χ2v) is 9.39. The lowest BCUT2D eigenvalue weighted by atomic mass is 9.85.